The van der Waals surface area contributed by atoms with Crippen molar-refractivity contribution in [3.8, 4) is 0 Å². The van der Waals surface area contributed by atoms with Gasteiger partial charge in [0.25, 0.3) is 15.9 Å². The molecule has 6 nitrogen and oxygen atoms in total. The summed E-state index contributed by atoms with van der Waals surface area (Å²) in [5.74, 6) is -1.39. The second kappa shape index (κ2) is 6.63. The Balaban J connectivity index is 2.21. The number of sulfonamides is 1. The lowest BCUT2D eigenvalue weighted by atomic mass is 10.2. The monoisotopic (exact) mass is 401 g/mol. The third-order valence-corrected chi connectivity index (χ3v) is 4.26. The number of alkyl halides is 6. The van der Waals surface area contributed by atoms with Crippen molar-refractivity contribution < 1.29 is 39.6 Å². The van der Waals surface area contributed by atoms with Crippen molar-refractivity contribution in [3.05, 3.63) is 48.0 Å². The molecule has 2 rings (SSSR count). The van der Waals surface area contributed by atoms with Crippen molar-refractivity contribution in [1.82, 2.24) is 14.3 Å². The Morgan fingerprint density at radius 1 is 1.15 bits per heavy atom. The van der Waals surface area contributed by atoms with Crippen molar-refractivity contribution in [3.63, 3.8) is 0 Å². The first kappa shape index (κ1) is 19.8. The first-order valence-corrected chi connectivity index (χ1v) is 8.09. The van der Waals surface area contributed by atoms with E-state index in [0.717, 1.165) is 12.1 Å². The van der Waals surface area contributed by atoms with Crippen molar-refractivity contribution in [2.75, 3.05) is 0 Å². The second-order valence-corrected chi connectivity index (χ2v) is 6.69. The molecule has 0 unspecified atom stereocenters. The Morgan fingerprint density at radius 3 is 2.38 bits per heavy atom. The molecule has 0 saturated heterocycles. The molecule has 2 aromatic rings. The molecule has 0 spiro atoms. The summed E-state index contributed by atoms with van der Waals surface area (Å²) in [4.78, 5) is 14.3. The maximum atomic E-state index is 12.6. The first-order valence-electron chi connectivity index (χ1n) is 6.61. The van der Waals surface area contributed by atoms with Gasteiger partial charge in [-0.25, -0.2) is 18.1 Å². The van der Waals surface area contributed by atoms with Crippen LogP contribution in [0.5, 0.6) is 0 Å². The van der Waals surface area contributed by atoms with Crippen LogP contribution < -0.4 is 4.72 Å². The summed E-state index contributed by atoms with van der Waals surface area (Å²) < 4.78 is 101. The smallest absolute Gasteiger partial charge is 0.328 e. The highest BCUT2D eigenvalue weighted by atomic mass is 32.2. The second-order valence-electron chi connectivity index (χ2n) is 5.01. The highest BCUT2D eigenvalue weighted by molar-refractivity contribution is 7.90. The maximum Gasteiger partial charge on any atom is 0.416 e. The van der Waals surface area contributed by atoms with Crippen LogP contribution in [0.2, 0.25) is 0 Å². The molecular formula is C13H9F6N3O3S. The number of carbonyl (C=O) groups is 1. The van der Waals surface area contributed by atoms with Crippen molar-refractivity contribution >= 4 is 15.9 Å². The summed E-state index contributed by atoms with van der Waals surface area (Å²) in [7, 11) is -4.69. The van der Waals surface area contributed by atoms with Crippen LogP contribution >= 0.6 is 0 Å². The van der Waals surface area contributed by atoms with Crippen LogP contribution in [-0.2, 0) is 22.7 Å². The number of amides is 1. The van der Waals surface area contributed by atoms with Gasteiger partial charge in [-0.1, -0.05) is 6.07 Å². The number of benzene rings is 1. The third kappa shape index (κ3) is 4.97. The van der Waals surface area contributed by atoms with Crippen LogP contribution in [0.1, 0.15) is 16.1 Å². The Hall–Kier alpha value is -2.57. The number of hydrogen-bond acceptors (Lipinski definition) is 4. The zero-order valence-electron chi connectivity index (χ0n) is 12.5. The zero-order chi connectivity index (χ0) is 19.8. The molecular weight excluding hydrogens is 392 g/mol. The molecule has 0 bridgehead atoms. The number of halogens is 6. The normalized spacial score (nSPS) is 12.8. The van der Waals surface area contributed by atoms with Crippen molar-refractivity contribution in [2.24, 2.45) is 0 Å². The van der Waals surface area contributed by atoms with Crippen LogP contribution in [0, 0.1) is 0 Å². The van der Waals surface area contributed by atoms with Crippen LogP contribution in [0.4, 0.5) is 26.3 Å². The Labute approximate surface area is 142 Å². The van der Waals surface area contributed by atoms with Crippen LogP contribution in [0.15, 0.2) is 41.7 Å². The molecule has 1 N–H and O–H groups in total. The van der Waals surface area contributed by atoms with Crippen LogP contribution in [-0.4, -0.2) is 30.1 Å². The molecule has 1 aromatic heterocycles. The average molecular weight is 401 g/mol. The predicted octanol–water partition coefficient (Wildman–Crippen LogP) is 2.58. The van der Waals surface area contributed by atoms with Crippen LogP contribution in [0.25, 0.3) is 0 Å². The molecule has 142 valence electrons. The number of aromatic nitrogens is 2. The summed E-state index contributed by atoms with van der Waals surface area (Å²) in [6, 6.07) is 2.62. The Morgan fingerprint density at radius 2 is 1.81 bits per heavy atom. The van der Waals surface area contributed by atoms with Gasteiger partial charge < -0.3 is 4.57 Å². The van der Waals surface area contributed by atoms with Gasteiger partial charge in [-0.2, -0.15) is 26.3 Å². The van der Waals surface area contributed by atoms with E-state index in [4.69, 9.17) is 0 Å². The topological polar surface area (TPSA) is 81.1 Å². The van der Waals surface area contributed by atoms with E-state index in [-0.39, 0.29) is 0 Å². The molecule has 0 aliphatic rings. The number of hydrogen-bond donors (Lipinski definition) is 1. The highest BCUT2D eigenvalue weighted by Crippen LogP contribution is 2.30. The minimum atomic E-state index is -4.80. The summed E-state index contributed by atoms with van der Waals surface area (Å²) >= 11 is 0. The molecule has 1 amide bonds. The lowest BCUT2D eigenvalue weighted by Crippen LogP contribution is -2.31. The largest absolute Gasteiger partial charge is 0.416 e. The van der Waals surface area contributed by atoms with E-state index in [9.17, 15) is 39.6 Å². The van der Waals surface area contributed by atoms with Gasteiger partial charge in [-0.15, -0.1) is 0 Å². The fraction of sp³-hybridized carbons (Fsp3) is 0.231. The van der Waals surface area contributed by atoms with E-state index >= 15 is 0 Å². The number of nitrogens with one attached hydrogen (secondary N) is 1. The number of nitrogens with zero attached hydrogens (tertiary/aromatic N) is 2. The Kier molecular flexibility index (Phi) is 5.03. The fourth-order valence-corrected chi connectivity index (χ4v) is 2.85. The molecule has 1 aromatic carbocycles. The molecule has 0 fully saturated rings. The third-order valence-electron chi connectivity index (χ3n) is 2.93. The Bertz CT molecular complexity index is 918. The van der Waals surface area contributed by atoms with Gasteiger partial charge in [-0.05, 0) is 18.2 Å². The van der Waals surface area contributed by atoms with Gasteiger partial charge in [-0.3, -0.25) is 4.79 Å². The van der Waals surface area contributed by atoms with E-state index in [2.05, 4.69) is 4.98 Å². The van der Waals surface area contributed by atoms with Gasteiger partial charge >= 0.3 is 12.4 Å². The van der Waals surface area contributed by atoms with Crippen molar-refractivity contribution in [1.29, 1.82) is 0 Å². The molecule has 26 heavy (non-hydrogen) atoms. The molecule has 0 aliphatic carbocycles. The molecule has 0 atom stereocenters. The molecule has 1 heterocycles. The number of rotatable bonds is 4. The lowest BCUT2D eigenvalue weighted by Gasteiger charge is -2.10. The predicted molar refractivity (Wildman–Crippen MR) is 74.4 cm³/mol. The lowest BCUT2D eigenvalue weighted by molar-refractivity contribution is -0.140. The molecule has 0 aliphatic heterocycles. The minimum Gasteiger partial charge on any atom is -0.328 e. The summed E-state index contributed by atoms with van der Waals surface area (Å²) in [6.45, 7) is -1.45. The maximum absolute atomic E-state index is 12.6. The summed E-state index contributed by atoms with van der Waals surface area (Å²) in [6.07, 6.45) is -8.06. The molecule has 0 radical (unpaired) electrons. The molecule has 13 heteroatoms. The number of imidazole rings is 1. The van der Waals surface area contributed by atoms with E-state index in [1.165, 1.54) is 4.72 Å². The van der Waals surface area contributed by atoms with Gasteiger partial charge in [0.2, 0.25) is 0 Å². The average Bonchev–Trinajstić information content (AvgIpc) is 2.92. The zero-order valence-corrected chi connectivity index (χ0v) is 13.3. The standard InChI is InChI=1S/C13H9F6N3O3S/c14-12(15,16)6-22-5-10(20-7-22)11(23)21-26(24,25)9-3-1-2-8(4-9)13(17,18)19/h1-5,7H,6H2,(H,21,23). The highest BCUT2D eigenvalue weighted by Gasteiger charge is 2.32. The molecule has 0 saturated carbocycles. The van der Waals surface area contributed by atoms with Crippen molar-refractivity contribution in [2.45, 2.75) is 23.8 Å². The van der Waals surface area contributed by atoms with Gasteiger partial charge in [0, 0.05) is 6.20 Å². The van der Waals surface area contributed by atoms with Crippen LogP contribution in [0.3, 0.4) is 0 Å². The SMILES string of the molecule is O=C(NS(=O)(=O)c1cccc(C(F)(F)F)c1)c1cn(CC(F)(F)F)cn1. The first-order chi connectivity index (χ1) is 11.8. The van der Waals surface area contributed by atoms with Gasteiger partial charge in [0.1, 0.15) is 12.2 Å². The minimum absolute atomic E-state index is 0.317. The van der Waals surface area contributed by atoms with E-state index in [1.54, 1.807) is 0 Å². The van der Waals surface area contributed by atoms with E-state index < -0.39 is 51.0 Å². The van der Waals surface area contributed by atoms with E-state index in [1.807, 2.05) is 0 Å². The summed E-state index contributed by atoms with van der Waals surface area (Å²) in [5.41, 5.74) is -1.90. The quantitative estimate of drug-likeness (QED) is 0.799. The van der Waals surface area contributed by atoms with Gasteiger partial charge in [0.15, 0.2) is 0 Å². The number of carbonyl (C=O) groups excluding carboxylic acids is 1. The van der Waals surface area contributed by atoms with Gasteiger partial charge in [0.05, 0.1) is 16.8 Å². The fourth-order valence-electron chi connectivity index (χ4n) is 1.84. The summed E-state index contributed by atoms with van der Waals surface area (Å²) in [5, 5.41) is 0. The van der Waals surface area contributed by atoms with E-state index in [0.29, 0.717) is 29.2 Å².